The van der Waals surface area contributed by atoms with Crippen molar-refractivity contribution in [1.29, 1.82) is 0 Å². The smallest absolute Gasteiger partial charge is 0.415 e. The van der Waals surface area contributed by atoms with Gasteiger partial charge in [-0.3, -0.25) is 14.5 Å². The molecule has 0 N–H and O–H groups in total. The van der Waals surface area contributed by atoms with Crippen LogP contribution in [0.3, 0.4) is 0 Å². The molecule has 4 heterocycles. The number of ether oxygens (including phenoxy) is 1. The molecule has 0 spiro atoms. The molecule has 1 aliphatic carbocycles. The van der Waals surface area contributed by atoms with Crippen LogP contribution in [0.5, 0.6) is 6.01 Å². The van der Waals surface area contributed by atoms with Crippen LogP contribution in [0.15, 0.2) is 18.3 Å². The molecule has 26 heavy (non-hydrogen) atoms. The van der Waals surface area contributed by atoms with Crippen LogP contribution in [0.2, 0.25) is 0 Å². The van der Waals surface area contributed by atoms with Gasteiger partial charge in [0.1, 0.15) is 11.8 Å². The Balaban J connectivity index is 1.27. The third kappa shape index (κ3) is 2.74. The van der Waals surface area contributed by atoms with Crippen molar-refractivity contribution in [2.75, 3.05) is 13.1 Å². The topological polar surface area (TPSA) is 86.3 Å². The lowest BCUT2D eigenvalue weighted by molar-refractivity contribution is -0.389. The van der Waals surface area contributed by atoms with Gasteiger partial charge in [0.05, 0.1) is 6.54 Å². The Morgan fingerprint density at radius 1 is 1.38 bits per heavy atom. The van der Waals surface area contributed by atoms with Gasteiger partial charge >= 0.3 is 11.8 Å². The zero-order valence-corrected chi connectivity index (χ0v) is 14.7. The van der Waals surface area contributed by atoms with Crippen LogP contribution in [0, 0.1) is 10.1 Å². The van der Waals surface area contributed by atoms with Gasteiger partial charge < -0.3 is 14.9 Å². The Hall–Kier alpha value is -2.48. The first kappa shape index (κ1) is 15.7. The fourth-order valence-corrected chi connectivity index (χ4v) is 4.07. The number of imidazole rings is 1. The van der Waals surface area contributed by atoms with E-state index in [2.05, 4.69) is 22.0 Å². The largest absolute Gasteiger partial charge is 0.436 e. The maximum Gasteiger partial charge on any atom is 0.415 e. The highest BCUT2D eigenvalue weighted by atomic mass is 16.6. The molecule has 0 amide bonds. The summed E-state index contributed by atoms with van der Waals surface area (Å²) in [6, 6.07) is 4.75. The molecule has 2 aromatic heterocycles. The van der Waals surface area contributed by atoms with Gasteiger partial charge in [-0.05, 0) is 36.3 Å². The van der Waals surface area contributed by atoms with E-state index in [9.17, 15) is 10.1 Å². The summed E-state index contributed by atoms with van der Waals surface area (Å²) in [6.07, 6.45) is 4.97. The Labute approximate surface area is 151 Å². The van der Waals surface area contributed by atoms with Gasteiger partial charge in [-0.15, -0.1) is 0 Å². The number of rotatable bonds is 4. The lowest BCUT2D eigenvalue weighted by atomic mass is 10.0. The summed E-state index contributed by atoms with van der Waals surface area (Å²) in [5.41, 5.74) is 3.38. The number of hydrogen-bond acceptors (Lipinski definition) is 6. The van der Waals surface area contributed by atoms with E-state index < -0.39 is 10.5 Å². The van der Waals surface area contributed by atoms with Crippen LogP contribution in [0.1, 0.15) is 42.6 Å². The molecule has 1 atom stereocenters. The van der Waals surface area contributed by atoms with Crippen LogP contribution < -0.4 is 4.74 Å². The van der Waals surface area contributed by atoms with E-state index in [1.807, 2.05) is 6.92 Å². The molecule has 2 aromatic rings. The maximum atomic E-state index is 10.8. The predicted molar refractivity (Wildman–Crippen MR) is 93.1 cm³/mol. The van der Waals surface area contributed by atoms with Gasteiger partial charge in [-0.1, -0.05) is 6.07 Å². The molecule has 136 valence electrons. The van der Waals surface area contributed by atoms with E-state index >= 15 is 0 Å². The van der Waals surface area contributed by atoms with Crippen LogP contribution in [0.25, 0.3) is 0 Å². The second-order valence-electron chi connectivity index (χ2n) is 7.90. The molecule has 1 saturated carbocycles. The molecule has 0 aromatic carbocycles. The molecule has 0 radical (unpaired) electrons. The van der Waals surface area contributed by atoms with Crippen LogP contribution >= 0.6 is 0 Å². The highest BCUT2D eigenvalue weighted by molar-refractivity contribution is 5.29. The van der Waals surface area contributed by atoms with Crippen molar-refractivity contribution in [3.05, 3.63) is 45.4 Å². The second-order valence-corrected chi connectivity index (χ2v) is 7.90. The van der Waals surface area contributed by atoms with Crippen molar-refractivity contribution in [3.8, 4) is 6.01 Å². The summed E-state index contributed by atoms with van der Waals surface area (Å²) in [5, 5.41) is 10.8. The lowest BCUT2D eigenvalue weighted by Crippen LogP contribution is -2.46. The number of nitro groups is 1. The predicted octanol–water partition coefficient (Wildman–Crippen LogP) is 2.27. The fourth-order valence-electron chi connectivity index (χ4n) is 4.07. The summed E-state index contributed by atoms with van der Waals surface area (Å²) in [5.74, 6) is 0.530. The van der Waals surface area contributed by atoms with Gasteiger partial charge in [0.15, 0.2) is 0 Å². The standard InChI is InChI=1S/C18H21N5O3/c1-18(11-22-9-16(23(24)25)20-17(22)26-18)10-21-7-6-15-13(8-21)4-5-14(19-15)12-2-3-12/h4-5,9,12H,2-3,6-8,10-11H2,1H3/t18-/m0/s1. The molecule has 0 bridgehead atoms. The van der Waals surface area contributed by atoms with E-state index in [1.54, 1.807) is 4.57 Å². The Kier molecular flexibility index (Phi) is 3.34. The molecule has 5 rings (SSSR count). The number of aromatic nitrogens is 3. The molecule has 8 nitrogen and oxygen atoms in total. The van der Waals surface area contributed by atoms with Gasteiger partial charge in [-0.25, -0.2) is 0 Å². The summed E-state index contributed by atoms with van der Waals surface area (Å²) in [6.45, 7) is 5.20. The Morgan fingerprint density at radius 2 is 2.23 bits per heavy atom. The number of pyridine rings is 1. The third-order valence-electron chi connectivity index (χ3n) is 5.46. The van der Waals surface area contributed by atoms with Gasteiger partial charge in [-0.2, -0.15) is 0 Å². The first-order valence-electron chi connectivity index (χ1n) is 9.11. The molecule has 1 fully saturated rings. The maximum absolute atomic E-state index is 10.8. The Bertz CT molecular complexity index is 865. The minimum atomic E-state index is -0.490. The fraction of sp³-hybridized carbons (Fsp3) is 0.556. The highest BCUT2D eigenvalue weighted by Crippen LogP contribution is 2.39. The van der Waals surface area contributed by atoms with Crippen molar-refractivity contribution in [2.45, 2.75) is 50.8 Å². The Morgan fingerprint density at radius 3 is 2.96 bits per heavy atom. The van der Waals surface area contributed by atoms with Gasteiger partial charge in [0, 0.05) is 48.3 Å². The van der Waals surface area contributed by atoms with E-state index in [0.29, 0.717) is 18.5 Å². The van der Waals surface area contributed by atoms with Crippen LogP contribution in [-0.2, 0) is 19.5 Å². The normalized spacial score (nSPS) is 24.8. The number of nitrogens with zero attached hydrogens (tertiary/aromatic N) is 5. The average molecular weight is 355 g/mol. The van der Waals surface area contributed by atoms with E-state index in [-0.39, 0.29) is 5.82 Å². The monoisotopic (exact) mass is 355 g/mol. The molecule has 0 unspecified atom stereocenters. The average Bonchev–Trinajstić information content (AvgIpc) is 3.30. The quantitative estimate of drug-likeness (QED) is 0.618. The minimum absolute atomic E-state index is 0.161. The van der Waals surface area contributed by atoms with Crippen molar-refractivity contribution < 1.29 is 9.66 Å². The summed E-state index contributed by atoms with van der Waals surface area (Å²) in [4.78, 5) is 21.6. The van der Waals surface area contributed by atoms with E-state index in [0.717, 1.165) is 26.1 Å². The first-order chi connectivity index (χ1) is 12.5. The summed E-state index contributed by atoms with van der Waals surface area (Å²) >= 11 is 0. The molecular formula is C18H21N5O3. The summed E-state index contributed by atoms with van der Waals surface area (Å²) in [7, 11) is 0. The van der Waals surface area contributed by atoms with Crippen LogP contribution in [0.4, 0.5) is 5.82 Å². The van der Waals surface area contributed by atoms with Crippen molar-refractivity contribution in [1.82, 2.24) is 19.4 Å². The molecule has 0 saturated heterocycles. The van der Waals surface area contributed by atoms with Crippen molar-refractivity contribution >= 4 is 5.82 Å². The minimum Gasteiger partial charge on any atom is -0.436 e. The van der Waals surface area contributed by atoms with E-state index in [1.165, 1.54) is 36.0 Å². The molecule has 3 aliphatic rings. The highest BCUT2D eigenvalue weighted by Gasteiger charge is 2.42. The molecular weight excluding hydrogens is 334 g/mol. The zero-order valence-electron chi connectivity index (χ0n) is 14.7. The van der Waals surface area contributed by atoms with Gasteiger partial charge in [0.25, 0.3) is 0 Å². The van der Waals surface area contributed by atoms with Gasteiger partial charge in [0.2, 0.25) is 0 Å². The molecule has 8 heteroatoms. The lowest BCUT2D eigenvalue weighted by Gasteiger charge is -2.34. The number of hydrogen-bond donors (Lipinski definition) is 0. The first-order valence-corrected chi connectivity index (χ1v) is 9.11. The van der Waals surface area contributed by atoms with E-state index in [4.69, 9.17) is 9.72 Å². The second kappa shape index (κ2) is 5.51. The molecule has 2 aliphatic heterocycles. The summed E-state index contributed by atoms with van der Waals surface area (Å²) < 4.78 is 7.70. The zero-order chi connectivity index (χ0) is 17.9. The van der Waals surface area contributed by atoms with Crippen molar-refractivity contribution in [3.63, 3.8) is 0 Å². The number of fused-ring (bicyclic) bond motifs is 2. The SMILES string of the molecule is C[C@]1(CN2CCc3nc(C4CC4)ccc3C2)Cn2cc([N+](=O)[O-])nc2O1. The van der Waals surface area contributed by atoms with Crippen molar-refractivity contribution in [2.24, 2.45) is 0 Å². The third-order valence-corrected chi connectivity index (χ3v) is 5.46. The van der Waals surface area contributed by atoms with Crippen LogP contribution in [-0.4, -0.2) is 43.0 Å².